The summed E-state index contributed by atoms with van der Waals surface area (Å²) in [5, 5.41) is 0. The number of carbonyl (C=O) groups excluding carboxylic acids is 1. The van der Waals surface area contributed by atoms with Crippen LogP contribution in [0.5, 0.6) is 0 Å². The minimum Gasteiger partial charge on any atom is -0.326 e. The average Bonchev–Trinajstić information content (AvgIpc) is 3.69. The van der Waals surface area contributed by atoms with Crippen molar-refractivity contribution in [2.45, 2.75) is 58.4 Å². The monoisotopic (exact) mass is 491 g/mol. The van der Waals surface area contributed by atoms with Gasteiger partial charge in [-0.25, -0.2) is 0 Å². The summed E-state index contributed by atoms with van der Waals surface area (Å²) in [4.78, 5) is 20.0. The van der Waals surface area contributed by atoms with Gasteiger partial charge in [-0.15, -0.1) is 12.4 Å². The second-order valence-corrected chi connectivity index (χ2v) is 9.70. The molecule has 1 fully saturated rings. The van der Waals surface area contributed by atoms with Gasteiger partial charge in [0.15, 0.2) is 0 Å². The van der Waals surface area contributed by atoms with E-state index in [-0.39, 0.29) is 36.2 Å². The van der Waals surface area contributed by atoms with E-state index in [1.807, 2.05) is 23.1 Å². The number of nitrogens with two attached hydrogens (primary N) is 1. The molecule has 35 heavy (non-hydrogen) atoms. The lowest BCUT2D eigenvalue weighted by atomic mass is 9.98. The van der Waals surface area contributed by atoms with Gasteiger partial charge in [0.25, 0.3) is 0 Å². The number of amides is 1. The van der Waals surface area contributed by atoms with Crippen molar-refractivity contribution < 1.29 is 4.79 Å². The van der Waals surface area contributed by atoms with Gasteiger partial charge in [0.1, 0.15) is 0 Å². The maximum absolute atomic E-state index is 13.6. The van der Waals surface area contributed by atoms with E-state index in [1.54, 1.807) is 6.20 Å². The molecule has 4 rings (SSSR count). The maximum atomic E-state index is 13.6. The van der Waals surface area contributed by atoms with Crippen LogP contribution in [-0.4, -0.2) is 23.5 Å². The summed E-state index contributed by atoms with van der Waals surface area (Å²) in [7, 11) is 0. The predicted octanol–water partition coefficient (Wildman–Crippen LogP) is 6.63. The van der Waals surface area contributed by atoms with Gasteiger partial charge in [0.05, 0.1) is 0 Å². The number of pyridine rings is 1. The SMILES string of the molecule is CCCc1ccc(-c2ccc(N(C[C@@H](N)[C@@H](C)CC)C(=O)C3CC3c3ccccn3)cc2)cc1.Cl. The summed E-state index contributed by atoms with van der Waals surface area (Å²) in [5.41, 5.74) is 12.2. The van der Waals surface area contributed by atoms with Gasteiger partial charge >= 0.3 is 0 Å². The molecule has 186 valence electrons. The zero-order valence-corrected chi connectivity index (χ0v) is 21.9. The third-order valence-corrected chi connectivity index (χ3v) is 7.21. The first kappa shape index (κ1) is 26.9. The van der Waals surface area contributed by atoms with Gasteiger partial charge in [-0.3, -0.25) is 9.78 Å². The van der Waals surface area contributed by atoms with Crippen molar-refractivity contribution >= 4 is 24.0 Å². The molecule has 1 aliphatic rings. The number of anilines is 1. The molecule has 4 nitrogen and oxygen atoms in total. The summed E-state index contributed by atoms with van der Waals surface area (Å²) < 4.78 is 0. The zero-order chi connectivity index (χ0) is 24.1. The van der Waals surface area contributed by atoms with E-state index in [4.69, 9.17) is 5.73 Å². The highest BCUT2D eigenvalue weighted by atomic mass is 35.5. The van der Waals surface area contributed by atoms with Gasteiger partial charge in [0, 0.05) is 42.0 Å². The molecular formula is C30H38ClN3O. The lowest BCUT2D eigenvalue weighted by Crippen LogP contribution is -2.45. The van der Waals surface area contributed by atoms with Crippen molar-refractivity contribution in [2.24, 2.45) is 17.6 Å². The Labute approximate surface area is 216 Å². The number of aryl methyl sites for hydroxylation is 1. The molecule has 2 N–H and O–H groups in total. The van der Waals surface area contributed by atoms with Crippen LogP contribution in [0.3, 0.4) is 0 Å². The van der Waals surface area contributed by atoms with Gasteiger partial charge in [-0.05, 0) is 59.7 Å². The van der Waals surface area contributed by atoms with Crippen LogP contribution in [-0.2, 0) is 11.2 Å². The molecule has 3 aromatic rings. The van der Waals surface area contributed by atoms with Crippen LogP contribution >= 0.6 is 12.4 Å². The number of carbonyl (C=O) groups is 1. The Morgan fingerprint density at radius 1 is 1.03 bits per heavy atom. The molecular weight excluding hydrogens is 454 g/mol. The van der Waals surface area contributed by atoms with Crippen LogP contribution in [0.2, 0.25) is 0 Å². The van der Waals surface area contributed by atoms with Crippen molar-refractivity contribution in [2.75, 3.05) is 11.4 Å². The maximum Gasteiger partial charge on any atom is 0.230 e. The first-order chi connectivity index (χ1) is 16.5. The predicted molar refractivity (Wildman–Crippen MR) is 148 cm³/mol. The second kappa shape index (κ2) is 12.3. The van der Waals surface area contributed by atoms with Crippen LogP contribution in [0.25, 0.3) is 11.1 Å². The highest BCUT2D eigenvalue weighted by Crippen LogP contribution is 2.48. The van der Waals surface area contributed by atoms with E-state index >= 15 is 0 Å². The van der Waals surface area contributed by atoms with E-state index in [0.717, 1.165) is 42.6 Å². The lowest BCUT2D eigenvalue weighted by Gasteiger charge is -2.29. The van der Waals surface area contributed by atoms with Crippen LogP contribution in [0.15, 0.2) is 72.9 Å². The molecule has 0 spiro atoms. The molecule has 0 bridgehead atoms. The summed E-state index contributed by atoms with van der Waals surface area (Å²) >= 11 is 0. The van der Waals surface area contributed by atoms with Crippen LogP contribution in [0.1, 0.15) is 57.2 Å². The summed E-state index contributed by atoms with van der Waals surface area (Å²) in [5.74, 6) is 0.690. The van der Waals surface area contributed by atoms with Crippen LogP contribution in [0.4, 0.5) is 5.69 Å². The highest BCUT2D eigenvalue weighted by Gasteiger charge is 2.47. The largest absolute Gasteiger partial charge is 0.326 e. The van der Waals surface area contributed by atoms with E-state index < -0.39 is 0 Å². The van der Waals surface area contributed by atoms with E-state index in [1.165, 1.54) is 11.1 Å². The molecule has 2 unspecified atom stereocenters. The van der Waals surface area contributed by atoms with Gasteiger partial charge in [-0.2, -0.15) is 0 Å². The van der Waals surface area contributed by atoms with Gasteiger partial charge in [-0.1, -0.05) is 76.1 Å². The van der Waals surface area contributed by atoms with Crippen molar-refractivity contribution in [3.63, 3.8) is 0 Å². The highest BCUT2D eigenvalue weighted by molar-refractivity contribution is 5.97. The Kier molecular flexibility index (Phi) is 9.47. The van der Waals surface area contributed by atoms with Gasteiger partial charge in [0.2, 0.25) is 5.91 Å². The number of benzene rings is 2. The topological polar surface area (TPSA) is 59.2 Å². The second-order valence-electron chi connectivity index (χ2n) is 9.70. The summed E-state index contributed by atoms with van der Waals surface area (Å²) in [6, 6.07) is 23.0. The molecule has 0 saturated heterocycles. The Balaban J connectivity index is 0.00000342. The van der Waals surface area contributed by atoms with Crippen LogP contribution < -0.4 is 10.6 Å². The first-order valence-corrected chi connectivity index (χ1v) is 12.7. The first-order valence-electron chi connectivity index (χ1n) is 12.7. The number of hydrogen-bond acceptors (Lipinski definition) is 3. The van der Waals surface area contributed by atoms with E-state index in [0.29, 0.717) is 12.5 Å². The fraction of sp³-hybridized carbons (Fsp3) is 0.400. The molecule has 2 aromatic carbocycles. The van der Waals surface area contributed by atoms with E-state index in [9.17, 15) is 4.79 Å². The van der Waals surface area contributed by atoms with Gasteiger partial charge < -0.3 is 10.6 Å². The molecule has 4 atom stereocenters. The molecule has 1 saturated carbocycles. The van der Waals surface area contributed by atoms with Crippen molar-refractivity contribution in [1.82, 2.24) is 4.98 Å². The zero-order valence-electron chi connectivity index (χ0n) is 21.1. The van der Waals surface area contributed by atoms with Crippen molar-refractivity contribution in [3.8, 4) is 11.1 Å². The average molecular weight is 492 g/mol. The standard InChI is InChI=1S/C30H37N3O.ClH/c1-4-8-22-10-12-23(13-11-22)24-14-16-25(17-15-24)33(20-28(31)21(3)5-2)30(34)27-19-26(27)29-9-6-7-18-32-29;/h6-7,9-18,21,26-28H,4-5,8,19-20,31H2,1-3H3;1H/t21-,26?,27?,28+;/m0./s1. The van der Waals surface area contributed by atoms with Crippen molar-refractivity contribution in [3.05, 3.63) is 84.2 Å². The van der Waals surface area contributed by atoms with E-state index in [2.05, 4.69) is 74.3 Å². The molecule has 0 radical (unpaired) electrons. The number of hydrogen-bond donors (Lipinski definition) is 1. The Hall–Kier alpha value is -2.69. The van der Waals surface area contributed by atoms with Crippen molar-refractivity contribution in [1.29, 1.82) is 0 Å². The normalized spacial score (nSPS) is 18.3. The number of aromatic nitrogens is 1. The fourth-order valence-electron chi connectivity index (χ4n) is 4.59. The third-order valence-electron chi connectivity index (χ3n) is 7.21. The Morgan fingerprint density at radius 3 is 2.26 bits per heavy atom. The Bertz CT molecular complexity index is 1070. The Morgan fingerprint density at radius 2 is 1.69 bits per heavy atom. The quantitative estimate of drug-likeness (QED) is 0.346. The fourth-order valence-corrected chi connectivity index (χ4v) is 4.59. The minimum atomic E-state index is -0.0632. The van der Waals surface area contributed by atoms with Crippen LogP contribution in [0, 0.1) is 11.8 Å². The number of nitrogens with zero attached hydrogens (tertiary/aromatic N) is 2. The molecule has 1 aliphatic carbocycles. The third kappa shape index (κ3) is 6.50. The summed E-state index contributed by atoms with van der Waals surface area (Å²) in [6.45, 7) is 7.04. The molecule has 0 aliphatic heterocycles. The molecule has 1 amide bonds. The molecule has 5 heteroatoms. The lowest BCUT2D eigenvalue weighted by molar-refractivity contribution is -0.120. The smallest absolute Gasteiger partial charge is 0.230 e. The number of rotatable bonds is 10. The minimum absolute atomic E-state index is 0. The number of halogens is 1. The summed E-state index contributed by atoms with van der Waals surface area (Å²) in [6.07, 6.45) is 5.91. The molecule has 1 heterocycles. The molecule has 1 aromatic heterocycles.